The molecular formula is C25H22FN7O6. The number of nitrogens with one attached hydrogen (secondary N) is 3. The van der Waals surface area contributed by atoms with Crippen molar-refractivity contribution in [2.75, 3.05) is 19.5 Å². The molecule has 0 aliphatic rings. The molecule has 0 radical (unpaired) electrons. The lowest BCUT2D eigenvalue weighted by molar-refractivity contribution is 0.194. The molecule has 0 fully saturated rings. The van der Waals surface area contributed by atoms with Crippen LogP contribution in [0, 0.1) is 17.1 Å². The van der Waals surface area contributed by atoms with E-state index in [1.54, 1.807) is 0 Å². The van der Waals surface area contributed by atoms with Crippen LogP contribution in [0.15, 0.2) is 53.5 Å². The Labute approximate surface area is 220 Å². The first-order valence-corrected chi connectivity index (χ1v) is 11.3. The number of H-pyrrole nitrogens is 1. The minimum atomic E-state index is -1.27. The number of halogens is 1. The highest BCUT2D eigenvalue weighted by Gasteiger charge is 2.26. The summed E-state index contributed by atoms with van der Waals surface area (Å²) in [4.78, 5) is 30.3. The highest BCUT2D eigenvalue weighted by atomic mass is 19.1. The molecule has 2 aromatic heterocycles. The molecule has 13 nitrogen and oxygen atoms in total. The first-order chi connectivity index (χ1) is 18.7. The number of ether oxygens (including phenoxy) is 2. The molecule has 1 atom stereocenters. The van der Waals surface area contributed by atoms with Crippen molar-refractivity contribution in [3.63, 3.8) is 0 Å². The van der Waals surface area contributed by atoms with Gasteiger partial charge in [-0.15, -0.1) is 5.10 Å². The van der Waals surface area contributed by atoms with E-state index in [2.05, 4.69) is 25.7 Å². The van der Waals surface area contributed by atoms with Crippen LogP contribution >= 0.6 is 0 Å². The molecule has 1 amide bonds. The fourth-order valence-electron chi connectivity index (χ4n) is 3.83. The Morgan fingerprint density at radius 1 is 1.23 bits per heavy atom. The van der Waals surface area contributed by atoms with E-state index in [1.165, 1.54) is 56.8 Å². The highest BCUT2D eigenvalue weighted by molar-refractivity contribution is 5.65. The zero-order valence-corrected chi connectivity index (χ0v) is 20.6. The standard InChI is InChI=1S/C25H22FN7O6/c1-38-19-9-16(17(26)10-20(19)39-2)21(22-31-24(35)33(32-22)23-18(34)4-3-7-28-23)30-15-6-5-13(11-27)14(8-15)12-29-25(36)37/h3-10,21,29-30,34H,12H2,1-2H3,(H,36,37)(H,31,32,35). The third-order valence-electron chi connectivity index (χ3n) is 5.66. The third kappa shape index (κ3) is 5.57. The maximum Gasteiger partial charge on any atom is 0.404 e. The summed E-state index contributed by atoms with van der Waals surface area (Å²) < 4.78 is 26.8. The van der Waals surface area contributed by atoms with Crippen LogP contribution in [-0.4, -0.2) is 50.3 Å². The summed E-state index contributed by atoms with van der Waals surface area (Å²) in [5, 5.41) is 38.1. The second-order valence-corrected chi connectivity index (χ2v) is 8.02. The van der Waals surface area contributed by atoms with Crippen molar-refractivity contribution >= 4 is 11.8 Å². The number of methoxy groups -OCH3 is 2. The lowest BCUT2D eigenvalue weighted by Gasteiger charge is -2.21. The number of aromatic amines is 1. The van der Waals surface area contributed by atoms with Crippen molar-refractivity contribution in [3.8, 4) is 29.1 Å². The Morgan fingerprint density at radius 2 is 1.97 bits per heavy atom. The number of pyridine rings is 1. The molecule has 0 aliphatic carbocycles. The number of anilines is 1. The largest absolute Gasteiger partial charge is 0.504 e. The molecule has 39 heavy (non-hydrogen) atoms. The normalized spacial score (nSPS) is 11.3. The minimum Gasteiger partial charge on any atom is -0.504 e. The summed E-state index contributed by atoms with van der Waals surface area (Å²) in [6.07, 6.45) is 0.0895. The number of aromatic hydroxyl groups is 1. The number of carbonyl (C=O) groups is 1. The summed E-state index contributed by atoms with van der Waals surface area (Å²) in [5.74, 6) is -0.876. The molecule has 5 N–H and O–H groups in total. The molecule has 2 heterocycles. The van der Waals surface area contributed by atoms with Gasteiger partial charge in [0, 0.05) is 30.1 Å². The second-order valence-electron chi connectivity index (χ2n) is 8.02. The molecule has 0 saturated carbocycles. The fourth-order valence-corrected chi connectivity index (χ4v) is 3.83. The van der Waals surface area contributed by atoms with Crippen molar-refractivity contribution in [1.29, 1.82) is 5.26 Å². The van der Waals surface area contributed by atoms with E-state index in [1.807, 2.05) is 6.07 Å². The summed E-state index contributed by atoms with van der Waals surface area (Å²) in [6, 6.07) is 10.7. The van der Waals surface area contributed by atoms with E-state index < -0.39 is 23.6 Å². The molecule has 14 heteroatoms. The van der Waals surface area contributed by atoms with Gasteiger partial charge in [-0.3, -0.25) is 4.98 Å². The average molecular weight is 535 g/mol. The van der Waals surface area contributed by atoms with Gasteiger partial charge < -0.3 is 30.3 Å². The van der Waals surface area contributed by atoms with Gasteiger partial charge in [-0.1, -0.05) is 0 Å². The van der Waals surface area contributed by atoms with Crippen molar-refractivity contribution in [1.82, 2.24) is 25.1 Å². The maximum atomic E-state index is 15.4. The number of hydrogen-bond donors (Lipinski definition) is 5. The quantitative estimate of drug-likeness (QED) is 0.213. The number of carboxylic acid groups (broad SMARTS) is 1. The highest BCUT2D eigenvalue weighted by Crippen LogP contribution is 2.35. The van der Waals surface area contributed by atoms with E-state index in [9.17, 15) is 20.0 Å². The van der Waals surface area contributed by atoms with Crippen molar-refractivity contribution in [2.45, 2.75) is 12.6 Å². The fraction of sp³-hybridized carbons (Fsp3) is 0.160. The number of benzene rings is 2. The van der Waals surface area contributed by atoms with Crippen molar-refractivity contribution in [2.24, 2.45) is 0 Å². The molecule has 4 rings (SSSR count). The molecule has 0 spiro atoms. The maximum absolute atomic E-state index is 15.4. The molecule has 4 aromatic rings. The Kier molecular flexibility index (Phi) is 7.62. The van der Waals surface area contributed by atoms with Gasteiger partial charge in [-0.2, -0.15) is 9.94 Å². The zero-order chi connectivity index (χ0) is 28.1. The van der Waals surface area contributed by atoms with E-state index in [0.717, 1.165) is 10.7 Å². The number of nitriles is 1. The van der Waals surface area contributed by atoms with E-state index >= 15 is 4.39 Å². The summed E-state index contributed by atoms with van der Waals surface area (Å²) in [7, 11) is 2.74. The topological polar surface area (TPSA) is 187 Å². The van der Waals surface area contributed by atoms with Gasteiger partial charge >= 0.3 is 11.8 Å². The predicted molar refractivity (Wildman–Crippen MR) is 135 cm³/mol. The molecular weight excluding hydrogens is 513 g/mol. The first-order valence-electron chi connectivity index (χ1n) is 11.3. The van der Waals surface area contributed by atoms with Gasteiger partial charge in [0.05, 0.1) is 25.9 Å². The minimum absolute atomic E-state index is 0.00774. The predicted octanol–water partition coefficient (Wildman–Crippen LogP) is 2.66. The van der Waals surface area contributed by atoms with Crippen LogP contribution in [0.3, 0.4) is 0 Å². The van der Waals surface area contributed by atoms with Crippen molar-refractivity contribution in [3.05, 3.63) is 87.5 Å². The van der Waals surface area contributed by atoms with Gasteiger partial charge in [0.25, 0.3) is 0 Å². The Hall–Kier alpha value is -5.58. The van der Waals surface area contributed by atoms with Crippen LogP contribution in [0.5, 0.6) is 17.2 Å². The van der Waals surface area contributed by atoms with Gasteiger partial charge in [0.1, 0.15) is 11.9 Å². The number of aromatic nitrogens is 4. The zero-order valence-electron chi connectivity index (χ0n) is 20.6. The summed E-state index contributed by atoms with van der Waals surface area (Å²) >= 11 is 0. The number of rotatable bonds is 9. The number of hydrogen-bond acceptors (Lipinski definition) is 9. The van der Waals surface area contributed by atoms with Crippen LogP contribution in [0.1, 0.15) is 28.6 Å². The van der Waals surface area contributed by atoms with E-state index in [0.29, 0.717) is 11.3 Å². The van der Waals surface area contributed by atoms with Gasteiger partial charge in [0.2, 0.25) is 5.82 Å². The molecule has 1 unspecified atom stereocenters. The molecule has 0 aliphatic heterocycles. The Bertz CT molecular complexity index is 1630. The van der Waals surface area contributed by atoms with E-state index in [-0.39, 0.29) is 46.6 Å². The van der Waals surface area contributed by atoms with Gasteiger partial charge in [-0.25, -0.2) is 19.0 Å². The first kappa shape index (κ1) is 26.5. The third-order valence-corrected chi connectivity index (χ3v) is 5.66. The number of nitrogens with zero attached hydrogens (tertiary/aromatic N) is 4. The molecule has 0 saturated heterocycles. The van der Waals surface area contributed by atoms with Gasteiger partial charge in [-0.05, 0) is 42.0 Å². The van der Waals surface area contributed by atoms with Crippen LogP contribution < -0.4 is 25.8 Å². The Balaban J connectivity index is 1.85. The monoisotopic (exact) mass is 535 g/mol. The average Bonchev–Trinajstić information content (AvgIpc) is 3.31. The molecule has 200 valence electrons. The van der Waals surface area contributed by atoms with Crippen LogP contribution in [-0.2, 0) is 6.54 Å². The molecule has 2 aromatic carbocycles. The van der Waals surface area contributed by atoms with Crippen LogP contribution in [0.25, 0.3) is 5.82 Å². The van der Waals surface area contributed by atoms with Crippen LogP contribution in [0.2, 0.25) is 0 Å². The summed E-state index contributed by atoms with van der Waals surface area (Å²) in [5.41, 5.74) is 0.193. The lowest BCUT2D eigenvalue weighted by Crippen LogP contribution is -2.21. The van der Waals surface area contributed by atoms with E-state index in [4.69, 9.17) is 14.6 Å². The summed E-state index contributed by atoms with van der Waals surface area (Å²) in [6.45, 7) is -0.159. The van der Waals surface area contributed by atoms with Crippen molar-refractivity contribution < 1.29 is 28.9 Å². The number of amides is 1. The smallest absolute Gasteiger partial charge is 0.404 e. The lowest BCUT2D eigenvalue weighted by atomic mass is 10.0. The second kappa shape index (κ2) is 11.2. The molecule has 0 bridgehead atoms. The van der Waals surface area contributed by atoms with Crippen LogP contribution in [0.4, 0.5) is 14.9 Å². The Morgan fingerprint density at radius 3 is 2.64 bits per heavy atom. The van der Waals surface area contributed by atoms with Gasteiger partial charge in [0.15, 0.2) is 23.1 Å². The SMILES string of the molecule is COc1cc(F)c(C(Nc2ccc(C#N)c(CNC(=O)O)c2)c2nn(-c3ncccc3O)c(=O)[nH]2)cc1OC.